The van der Waals surface area contributed by atoms with Gasteiger partial charge in [-0.1, -0.05) is 0 Å². The number of nitrogens with zero attached hydrogens (tertiary/aromatic N) is 3. The smallest absolute Gasteiger partial charge is 0.137 e. The number of anilines is 1. The molecule has 5 nitrogen and oxygen atoms in total. The van der Waals surface area contributed by atoms with Gasteiger partial charge in [-0.15, -0.1) is 0 Å². The largest absolute Gasteiger partial charge is 0.378 e. The van der Waals surface area contributed by atoms with E-state index in [2.05, 4.69) is 54.0 Å². The molecule has 0 atom stereocenters. The molecule has 0 aliphatic carbocycles. The minimum atomic E-state index is 0.769. The van der Waals surface area contributed by atoms with Gasteiger partial charge in [-0.05, 0) is 34.1 Å². The fraction of sp³-hybridized carbons (Fsp3) is 0.250. The van der Waals surface area contributed by atoms with Crippen LogP contribution in [0.5, 0.6) is 0 Å². The third-order valence-electron chi connectivity index (χ3n) is 3.89. The van der Waals surface area contributed by atoms with E-state index in [-0.39, 0.29) is 0 Å². The lowest BCUT2D eigenvalue weighted by Gasteiger charge is -2.27. The summed E-state index contributed by atoms with van der Waals surface area (Å²) >= 11 is 3.48. The third kappa shape index (κ3) is 2.48. The van der Waals surface area contributed by atoms with Gasteiger partial charge in [0.05, 0.1) is 13.2 Å². The number of fused-ring (bicyclic) bond motifs is 1. The van der Waals surface area contributed by atoms with Crippen molar-refractivity contribution < 1.29 is 4.74 Å². The zero-order chi connectivity index (χ0) is 14.9. The Morgan fingerprint density at radius 2 is 2.00 bits per heavy atom. The van der Waals surface area contributed by atoms with Gasteiger partial charge in [-0.3, -0.25) is 0 Å². The molecule has 0 bridgehead atoms. The summed E-state index contributed by atoms with van der Waals surface area (Å²) in [6, 6.07) is 6.26. The summed E-state index contributed by atoms with van der Waals surface area (Å²) in [5.74, 6) is 1.01. The van der Waals surface area contributed by atoms with Crippen molar-refractivity contribution in [1.29, 1.82) is 0 Å². The average Bonchev–Trinajstić information content (AvgIpc) is 2.99. The van der Waals surface area contributed by atoms with Gasteiger partial charge >= 0.3 is 0 Å². The fourth-order valence-electron chi connectivity index (χ4n) is 2.74. The van der Waals surface area contributed by atoms with Crippen molar-refractivity contribution in [2.45, 2.75) is 0 Å². The number of pyridine rings is 2. The zero-order valence-electron chi connectivity index (χ0n) is 11.9. The lowest BCUT2D eigenvalue weighted by atomic mass is 10.1. The Labute approximate surface area is 136 Å². The second kappa shape index (κ2) is 5.70. The number of ether oxygens (including phenoxy) is 1. The highest BCUT2D eigenvalue weighted by Gasteiger charge is 2.13. The SMILES string of the molecule is Brc1cnc2[nH]cc(-c3ccc(N4CCOCC4)nc3)c2c1. The van der Waals surface area contributed by atoms with Crippen LogP contribution in [-0.4, -0.2) is 41.3 Å². The number of aromatic amines is 1. The number of aromatic nitrogens is 3. The Balaban J connectivity index is 1.68. The van der Waals surface area contributed by atoms with Gasteiger partial charge in [0.1, 0.15) is 11.5 Å². The molecule has 0 aromatic carbocycles. The highest BCUT2D eigenvalue weighted by molar-refractivity contribution is 9.10. The van der Waals surface area contributed by atoms with E-state index >= 15 is 0 Å². The maximum atomic E-state index is 5.38. The summed E-state index contributed by atoms with van der Waals surface area (Å²) < 4.78 is 6.35. The first-order valence-corrected chi connectivity index (χ1v) is 8.02. The van der Waals surface area contributed by atoms with Crippen molar-refractivity contribution in [2.24, 2.45) is 0 Å². The molecule has 22 heavy (non-hydrogen) atoms. The summed E-state index contributed by atoms with van der Waals surface area (Å²) in [6.45, 7) is 3.34. The van der Waals surface area contributed by atoms with E-state index in [1.807, 2.05) is 12.4 Å². The van der Waals surface area contributed by atoms with Crippen LogP contribution >= 0.6 is 15.9 Å². The molecule has 4 rings (SSSR count). The molecule has 3 aromatic heterocycles. The van der Waals surface area contributed by atoms with Gasteiger partial charge in [0.15, 0.2) is 0 Å². The average molecular weight is 359 g/mol. The van der Waals surface area contributed by atoms with Gasteiger partial charge in [0, 0.05) is 52.7 Å². The van der Waals surface area contributed by atoms with Crippen LogP contribution in [0.15, 0.2) is 41.3 Å². The van der Waals surface area contributed by atoms with Crippen LogP contribution in [0.25, 0.3) is 22.2 Å². The second-order valence-corrected chi connectivity index (χ2v) is 6.17. The Morgan fingerprint density at radius 3 is 2.77 bits per heavy atom. The third-order valence-corrected chi connectivity index (χ3v) is 4.33. The number of hydrogen-bond acceptors (Lipinski definition) is 4. The van der Waals surface area contributed by atoms with Gasteiger partial charge in [0.25, 0.3) is 0 Å². The predicted molar refractivity (Wildman–Crippen MR) is 90.1 cm³/mol. The zero-order valence-corrected chi connectivity index (χ0v) is 13.5. The molecular formula is C16H15BrN4O. The molecule has 3 aromatic rings. The quantitative estimate of drug-likeness (QED) is 0.763. The minimum absolute atomic E-state index is 0.769. The Bertz CT molecular complexity index is 794. The highest BCUT2D eigenvalue weighted by Crippen LogP contribution is 2.29. The predicted octanol–water partition coefficient (Wildman–Crippen LogP) is 3.22. The monoisotopic (exact) mass is 358 g/mol. The first-order valence-electron chi connectivity index (χ1n) is 7.23. The van der Waals surface area contributed by atoms with E-state index in [1.165, 1.54) is 0 Å². The molecule has 1 aliphatic rings. The van der Waals surface area contributed by atoms with Crippen molar-refractivity contribution in [1.82, 2.24) is 15.0 Å². The van der Waals surface area contributed by atoms with Crippen LogP contribution < -0.4 is 4.90 Å². The molecule has 0 spiro atoms. The maximum absolute atomic E-state index is 5.38. The number of rotatable bonds is 2. The summed E-state index contributed by atoms with van der Waals surface area (Å²) in [6.07, 6.45) is 5.70. The topological polar surface area (TPSA) is 54.0 Å². The fourth-order valence-corrected chi connectivity index (χ4v) is 3.07. The van der Waals surface area contributed by atoms with Crippen LogP contribution in [0, 0.1) is 0 Å². The van der Waals surface area contributed by atoms with Crippen molar-refractivity contribution in [3.63, 3.8) is 0 Å². The Hall–Kier alpha value is -1.92. The van der Waals surface area contributed by atoms with Gasteiger partial charge in [-0.2, -0.15) is 0 Å². The Kier molecular flexibility index (Phi) is 3.56. The van der Waals surface area contributed by atoms with Crippen LogP contribution in [0.4, 0.5) is 5.82 Å². The molecule has 6 heteroatoms. The first-order chi connectivity index (χ1) is 10.8. The van der Waals surface area contributed by atoms with Crippen molar-refractivity contribution in [3.8, 4) is 11.1 Å². The summed E-state index contributed by atoms with van der Waals surface area (Å²) in [5, 5.41) is 1.09. The molecule has 1 fully saturated rings. The van der Waals surface area contributed by atoms with E-state index < -0.39 is 0 Å². The molecule has 0 saturated carbocycles. The van der Waals surface area contributed by atoms with Gasteiger partial charge in [0.2, 0.25) is 0 Å². The van der Waals surface area contributed by atoms with Crippen molar-refractivity contribution in [3.05, 3.63) is 41.3 Å². The number of H-pyrrole nitrogens is 1. The second-order valence-electron chi connectivity index (χ2n) is 5.26. The molecular weight excluding hydrogens is 344 g/mol. The molecule has 1 aliphatic heterocycles. The lowest BCUT2D eigenvalue weighted by molar-refractivity contribution is 0.122. The lowest BCUT2D eigenvalue weighted by Crippen LogP contribution is -2.36. The normalized spacial score (nSPS) is 15.4. The molecule has 112 valence electrons. The number of hydrogen-bond donors (Lipinski definition) is 1. The molecule has 0 unspecified atom stereocenters. The van der Waals surface area contributed by atoms with Crippen LogP contribution in [-0.2, 0) is 4.74 Å². The Morgan fingerprint density at radius 1 is 1.14 bits per heavy atom. The standard InChI is InChI=1S/C16H15BrN4O/c17-12-7-13-14(10-20-16(13)19-9-12)11-1-2-15(18-8-11)21-3-5-22-6-4-21/h1-2,7-10H,3-6H2,(H,19,20). The van der Waals surface area contributed by atoms with Crippen molar-refractivity contribution in [2.75, 3.05) is 31.2 Å². The maximum Gasteiger partial charge on any atom is 0.137 e. The van der Waals surface area contributed by atoms with Crippen LogP contribution in [0.3, 0.4) is 0 Å². The molecule has 1 N–H and O–H groups in total. The minimum Gasteiger partial charge on any atom is -0.378 e. The summed E-state index contributed by atoms with van der Waals surface area (Å²) in [4.78, 5) is 14.4. The van der Waals surface area contributed by atoms with E-state index in [0.717, 1.165) is 58.8 Å². The van der Waals surface area contributed by atoms with Gasteiger partial charge in [-0.25, -0.2) is 9.97 Å². The highest BCUT2D eigenvalue weighted by atomic mass is 79.9. The summed E-state index contributed by atoms with van der Waals surface area (Å²) in [5.41, 5.74) is 3.09. The number of morpholine rings is 1. The molecule has 1 saturated heterocycles. The molecule has 0 amide bonds. The first kappa shape index (κ1) is 13.7. The van der Waals surface area contributed by atoms with Crippen LogP contribution in [0.1, 0.15) is 0 Å². The van der Waals surface area contributed by atoms with E-state index in [0.29, 0.717) is 0 Å². The number of nitrogens with one attached hydrogen (secondary N) is 1. The van der Waals surface area contributed by atoms with E-state index in [4.69, 9.17) is 4.74 Å². The summed E-state index contributed by atoms with van der Waals surface area (Å²) in [7, 11) is 0. The van der Waals surface area contributed by atoms with E-state index in [9.17, 15) is 0 Å². The number of halogens is 1. The van der Waals surface area contributed by atoms with Gasteiger partial charge < -0.3 is 14.6 Å². The van der Waals surface area contributed by atoms with Crippen molar-refractivity contribution >= 4 is 32.8 Å². The molecule has 4 heterocycles. The van der Waals surface area contributed by atoms with Crippen LogP contribution in [0.2, 0.25) is 0 Å². The molecule has 0 radical (unpaired) electrons. The van der Waals surface area contributed by atoms with E-state index in [1.54, 1.807) is 6.20 Å².